The Kier molecular flexibility index (Phi) is 4.07. The van der Waals surface area contributed by atoms with Crippen molar-refractivity contribution in [3.8, 4) is 0 Å². The molecule has 1 aliphatic carbocycles. The second-order valence-corrected chi connectivity index (χ2v) is 5.97. The Morgan fingerprint density at radius 1 is 1.19 bits per heavy atom. The summed E-state index contributed by atoms with van der Waals surface area (Å²) in [5, 5.41) is 1.11. The van der Waals surface area contributed by atoms with E-state index in [-0.39, 0.29) is 0 Å². The maximum absolute atomic E-state index is 3.64. The first-order valence-corrected chi connectivity index (χ1v) is 7.49. The van der Waals surface area contributed by atoms with Gasteiger partial charge in [0.1, 0.15) is 0 Å². The number of halogens is 1. The molecule has 0 fully saturated rings. The van der Waals surface area contributed by atoms with Gasteiger partial charge in [0.15, 0.2) is 0 Å². The summed E-state index contributed by atoms with van der Waals surface area (Å²) in [5.74, 6) is 1.52. The molecular formula is C15H21Br. The molecule has 88 valence electrons. The minimum absolute atomic E-state index is 0.757. The summed E-state index contributed by atoms with van der Waals surface area (Å²) in [4.78, 5) is 0. The Balaban J connectivity index is 2.10. The van der Waals surface area contributed by atoms with Gasteiger partial charge in [0.05, 0.1) is 0 Å². The van der Waals surface area contributed by atoms with Crippen LogP contribution in [-0.4, -0.2) is 5.33 Å². The summed E-state index contributed by atoms with van der Waals surface area (Å²) in [6.07, 6.45) is 5.16. The molecule has 0 radical (unpaired) electrons. The van der Waals surface area contributed by atoms with Crippen molar-refractivity contribution >= 4 is 15.9 Å². The SMILES string of the molecule is CC(C)C(CBr)Cc1ccc2c(c1)CCC2. The number of benzene rings is 1. The molecule has 1 aliphatic rings. The van der Waals surface area contributed by atoms with Crippen molar-refractivity contribution in [2.75, 3.05) is 5.33 Å². The third-order valence-electron chi connectivity index (χ3n) is 3.80. The van der Waals surface area contributed by atoms with Crippen molar-refractivity contribution in [1.29, 1.82) is 0 Å². The first kappa shape index (κ1) is 12.2. The van der Waals surface area contributed by atoms with Crippen LogP contribution in [0.4, 0.5) is 0 Å². The molecule has 1 aromatic carbocycles. The number of hydrogen-bond donors (Lipinski definition) is 0. The molecule has 1 heteroatoms. The Morgan fingerprint density at radius 3 is 2.62 bits per heavy atom. The second-order valence-electron chi connectivity index (χ2n) is 5.32. The highest BCUT2D eigenvalue weighted by Gasteiger charge is 2.15. The quantitative estimate of drug-likeness (QED) is 0.718. The largest absolute Gasteiger partial charge is 0.0925 e. The zero-order valence-corrected chi connectivity index (χ0v) is 11.9. The molecule has 0 saturated heterocycles. The van der Waals surface area contributed by atoms with Crippen LogP contribution in [-0.2, 0) is 19.3 Å². The first-order chi connectivity index (χ1) is 7.70. The molecule has 0 amide bonds. The monoisotopic (exact) mass is 280 g/mol. The molecule has 0 nitrogen and oxygen atoms in total. The van der Waals surface area contributed by atoms with Gasteiger partial charge in [-0.2, -0.15) is 0 Å². The molecule has 0 aromatic heterocycles. The van der Waals surface area contributed by atoms with Gasteiger partial charge in [-0.1, -0.05) is 48.0 Å². The minimum Gasteiger partial charge on any atom is -0.0925 e. The molecule has 0 bridgehead atoms. The van der Waals surface area contributed by atoms with E-state index < -0.39 is 0 Å². The van der Waals surface area contributed by atoms with Crippen LogP contribution in [0.3, 0.4) is 0 Å². The van der Waals surface area contributed by atoms with E-state index in [1.807, 2.05) is 0 Å². The van der Waals surface area contributed by atoms with E-state index >= 15 is 0 Å². The van der Waals surface area contributed by atoms with Gasteiger partial charge in [0, 0.05) is 5.33 Å². The van der Waals surface area contributed by atoms with E-state index in [9.17, 15) is 0 Å². The lowest BCUT2D eigenvalue weighted by Gasteiger charge is -2.18. The summed E-state index contributed by atoms with van der Waals surface area (Å²) in [7, 11) is 0. The first-order valence-electron chi connectivity index (χ1n) is 6.37. The predicted octanol–water partition coefficient (Wildman–Crippen LogP) is 4.38. The molecule has 0 N–H and O–H groups in total. The lowest BCUT2D eigenvalue weighted by molar-refractivity contribution is 0.427. The standard InChI is InChI=1S/C15H21Br/c1-11(2)15(10-16)9-12-6-7-13-4-3-5-14(13)8-12/h6-8,11,15H,3-5,9-10H2,1-2H3. The number of rotatable bonds is 4. The minimum atomic E-state index is 0.757. The Morgan fingerprint density at radius 2 is 1.94 bits per heavy atom. The highest BCUT2D eigenvalue weighted by atomic mass is 79.9. The van der Waals surface area contributed by atoms with E-state index in [0.717, 1.165) is 17.2 Å². The highest BCUT2D eigenvalue weighted by molar-refractivity contribution is 9.09. The van der Waals surface area contributed by atoms with Crippen LogP contribution >= 0.6 is 15.9 Å². The highest BCUT2D eigenvalue weighted by Crippen LogP contribution is 2.25. The summed E-state index contributed by atoms with van der Waals surface area (Å²) in [6.45, 7) is 4.64. The molecule has 16 heavy (non-hydrogen) atoms. The van der Waals surface area contributed by atoms with Crippen molar-refractivity contribution in [3.63, 3.8) is 0 Å². The molecular weight excluding hydrogens is 260 g/mol. The number of aryl methyl sites for hydroxylation is 2. The van der Waals surface area contributed by atoms with Crippen LogP contribution in [0.5, 0.6) is 0 Å². The van der Waals surface area contributed by atoms with Crippen molar-refractivity contribution in [3.05, 3.63) is 34.9 Å². The second kappa shape index (κ2) is 5.35. The summed E-state index contributed by atoms with van der Waals surface area (Å²) in [5.41, 5.74) is 4.72. The fraction of sp³-hybridized carbons (Fsp3) is 0.600. The van der Waals surface area contributed by atoms with E-state index in [1.165, 1.54) is 31.2 Å². The number of alkyl halides is 1. The van der Waals surface area contributed by atoms with Gasteiger partial charge in [-0.15, -0.1) is 0 Å². The van der Waals surface area contributed by atoms with Crippen LogP contribution in [0.15, 0.2) is 18.2 Å². The molecule has 1 aromatic rings. The van der Waals surface area contributed by atoms with Crippen LogP contribution in [0.25, 0.3) is 0 Å². The summed E-state index contributed by atoms with van der Waals surface area (Å²) in [6, 6.07) is 7.13. The average molecular weight is 281 g/mol. The van der Waals surface area contributed by atoms with Crippen molar-refractivity contribution in [2.24, 2.45) is 11.8 Å². The lowest BCUT2D eigenvalue weighted by atomic mass is 9.90. The molecule has 0 aliphatic heterocycles. The van der Waals surface area contributed by atoms with E-state index in [4.69, 9.17) is 0 Å². The molecule has 0 spiro atoms. The Hall–Kier alpha value is -0.300. The molecule has 0 heterocycles. The molecule has 1 unspecified atom stereocenters. The van der Waals surface area contributed by atoms with Crippen LogP contribution in [0.2, 0.25) is 0 Å². The van der Waals surface area contributed by atoms with Crippen molar-refractivity contribution in [2.45, 2.75) is 39.5 Å². The topological polar surface area (TPSA) is 0 Å². The van der Waals surface area contributed by atoms with Gasteiger partial charge >= 0.3 is 0 Å². The van der Waals surface area contributed by atoms with E-state index in [2.05, 4.69) is 48.0 Å². The smallest absolute Gasteiger partial charge is 0.00652 e. The average Bonchev–Trinajstić information content (AvgIpc) is 2.72. The Labute approximate surface area is 108 Å². The molecule has 1 atom stereocenters. The summed E-state index contributed by atoms with van der Waals surface area (Å²) >= 11 is 3.64. The van der Waals surface area contributed by atoms with E-state index in [1.54, 1.807) is 11.1 Å². The zero-order chi connectivity index (χ0) is 11.5. The fourth-order valence-corrected chi connectivity index (χ4v) is 3.50. The van der Waals surface area contributed by atoms with Crippen molar-refractivity contribution in [1.82, 2.24) is 0 Å². The van der Waals surface area contributed by atoms with Gasteiger partial charge in [-0.3, -0.25) is 0 Å². The van der Waals surface area contributed by atoms with Crippen LogP contribution in [0, 0.1) is 11.8 Å². The number of hydrogen-bond acceptors (Lipinski definition) is 0. The van der Waals surface area contributed by atoms with E-state index in [0.29, 0.717) is 0 Å². The third-order valence-corrected chi connectivity index (χ3v) is 4.63. The van der Waals surface area contributed by atoms with Gasteiger partial charge in [0.2, 0.25) is 0 Å². The maximum atomic E-state index is 3.64. The zero-order valence-electron chi connectivity index (χ0n) is 10.3. The van der Waals surface area contributed by atoms with Gasteiger partial charge in [-0.05, 0) is 54.2 Å². The summed E-state index contributed by atoms with van der Waals surface area (Å²) < 4.78 is 0. The lowest BCUT2D eigenvalue weighted by Crippen LogP contribution is -2.13. The fourth-order valence-electron chi connectivity index (χ4n) is 2.52. The van der Waals surface area contributed by atoms with Crippen LogP contribution in [0.1, 0.15) is 37.0 Å². The maximum Gasteiger partial charge on any atom is 0.00652 e. The van der Waals surface area contributed by atoms with Crippen LogP contribution < -0.4 is 0 Å². The van der Waals surface area contributed by atoms with Gasteiger partial charge in [-0.25, -0.2) is 0 Å². The number of fused-ring (bicyclic) bond motifs is 1. The van der Waals surface area contributed by atoms with Gasteiger partial charge < -0.3 is 0 Å². The third kappa shape index (κ3) is 2.68. The molecule has 2 rings (SSSR count). The Bertz CT molecular complexity index is 354. The van der Waals surface area contributed by atoms with Gasteiger partial charge in [0.25, 0.3) is 0 Å². The van der Waals surface area contributed by atoms with Crippen molar-refractivity contribution < 1.29 is 0 Å². The normalized spacial score (nSPS) is 16.5. The molecule has 0 saturated carbocycles. The predicted molar refractivity (Wildman–Crippen MR) is 74.3 cm³/mol.